The van der Waals surface area contributed by atoms with Gasteiger partial charge in [-0.2, -0.15) is 0 Å². The molecule has 2 aromatic rings. The quantitative estimate of drug-likeness (QED) is 0.827. The molecule has 0 aromatic heterocycles. The summed E-state index contributed by atoms with van der Waals surface area (Å²) in [6, 6.07) is 7.65. The first-order chi connectivity index (χ1) is 8.00. The first kappa shape index (κ1) is 12.3. The van der Waals surface area contributed by atoms with Gasteiger partial charge in [0.15, 0.2) is 0 Å². The Kier molecular flexibility index (Phi) is 3.30. The third-order valence-corrected chi connectivity index (χ3v) is 4.48. The van der Waals surface area contributed by atoms with E-state index in [1.807, 2.05) is 0 Å². The number of hydrogen-bond donors (Lipinski definition) is 1. The van der Waals surface area contributed by atoms with E-state index >= 15 is 0 Å². The highest BCUT2D eigenvalue weighted by Gasteiger charge is 2.16. The van der Waals surface area contributed by atoms with Crippen LogP contribution >= 0.6 is 31.4 Å². The molecule has 0 saturated heterocycles. The minimum atomic E-state index is -3.86. The molecule has 0 heterocycles. The molecular weight excluding hydrogens is 358 g/mol. The molecule has 2 aromatic carbocycles. The first-order valence-corrected chi connectivity index (χ1v) is 7.73. The first-order valence-electron chi connectivity index (χ1n) is 4.51. The molecule has 0 spiro atoms. The van der Waals surface area contributed by atoms with Crippen LogP contribution in [0.4, 0.5) is 0 Å². The lowest BCUT2D eigenvalue weighted by molar-refractivity contribution is 0.0696. The lowest BCUT2D eigenvalue weighted by atomic mass is 10.1. The molecule has 0 unspecified atom stereocenters. The zero-order chi connectivity index (χ0) is 12.6. The maximum absolute atomic E-state index is 11.1. The second-order valence-electron chi connectivity index (χ2n) is 3.32. The second-order valence-corrected chi connectivity index (χ2v) is 6.13. The van der Waals surface area contributed by atoms with Crippen molar-refractivity contribution >= 4 is 48.1 Å². The highest BCUT2D eigenvalue weighted by Crippen LogP contribution is 2.30. The molecular formula is C11H6ClIO4. The number of benzene rings is 2. The fraction of sp³-hybridized carbons (Fsp3) is 0. The van der Waals surface area contributed by atoms with Crippen LogP contribution in [0.5, 0.6) is 0 Å². The van der Waals surface area contributed by atoms with E-state index in [0.29, 0.717) is 15.8 Å². The van der Waals surface area contributed by atoms with Crippen LogP contribution in [-0.4, -0.2) is 11.1 Å². The van der Waals surface area contributed by atoms with Crippen molar-refractivity contribution in [3.05, 3.63) is 44.5 Å². The third-order valence-electron chi connectivity index (χ3n) is 2.31. The third kappa shape index (κ3) is 2.25. The maximum atomic E-state index is 11.1. The van der Waals surface area contributed by atoms with Crippen LogP contribution in [0.3, 0.4) is 0 Å². The van der Waals surface area contributed by atoms with Crippen molar-refractivity contribution in [1.82, 2.24) is 0 Å². The highest BCUT2D eigenvalue weighted by atomic mass is 127. The Hall–Kier alpha value is -1.21. The number of aromatic carboxylic acids is 1. The number of halogens is 2. The van der Waals surface area contributed by atoms with E-state index in [1.54, 1.807) is 18.2 Å². The van der Waals surface area contributed by atoms with E-state index in [2.05, 4.69) is 0 Å². The predicted molar refractivity (Wildman–Crippen MR) is 70.0 cm³/mol. The van der Waals surface area contributed by atoms with Gasteiger partial charge in [0.1, 0.15) is 0 Å². The van der Waals surface area contributed by atoms with Gasteiger partial charge < -0.3 is 5.11 Å². The van der Waals surface area contributed by atoms with E-state index < -0.39 is 25.8 Å². The number of carboxylic acids is 1. The minimum Gasteiger partial charge on any atom is -0.478 e. The Morgan fingerprint density at radius 3 is 2.53 bits per heavy atom. The fourth-order valence-corrected chi connectivity index (χ4v) is 3.22. The summed E-state index contributed by atoms with van der Waals surface area (Å²) in [5.41, 5.74) is -0.199. The Balaban J connectivity index is 2.91. The van der Waals surface area contributed by atoms with Crippen LogP contribution in [0.2, 0.25) is 5.02 Å². The van der Waals surface area contributed by atoms with Crippen LogP contribution in [-0.2, 0) is 6.14 Å². The molecule has 17 heavy (non-hydrogen) atoms. The standard InChI is InChI=1S/C11H6ClIO4/c12-9-3-1-2-6-4-8(11(14)15)10(13(16)17)5-7(6)9/h1-5H,(H,14,15). The summed E-state index contributed by atoms with van der Waals surface area (Å²) in [6.45, 7) is 0. The van der Waals surface area contributed by atoms with E-state index in [1.165, 1.54) is 12.1 Å². The Morgan fingerprint density at radius 2 is 1.94 bits per heavy atom. The summed E-state index contributed by atoms with van der Waals surface area (Å²) in [5, 5.41) is 10.5. The van der Waals surface area contributed by atoms with Crippen molar-refractivity contribution in [2.75, 3.05) is 0 Å². The van der Waals surface area contributed by atoms with Crippen molar-refractivity contribution in [1.29, 1.82) is 0 Å². The van der Waals surface area contributed by atoms with E-state index in [4.69, 9.17) is 16.7 Å². The Labute approximate surface area is 108 Å². The van der Waals surface area contributed by atoms with E-state index in [9.17, 15) is 10.9 Å². The monoisotopic (exact) mass is 364 g/mol. The number of hydrogen-bond acceptors (Lipinski definition) is 3. The predicted octanol–water partition coefficient (Wildman–Crippen LogP) is 3.56. The zero-order valence-corrected chi connectivity index (χ0v) is 11.2. The summed E-state index contributed by atoms with van der Waals surface area (Å²) in [6.07, 6.45) is 0. The summed E-state index contributed by atoms with van der Waals surface area (Å²) in [7, 11) is 0. The zero-order valence-electron chi connectivity index (χ0n) is 8.31. The smallest absolute Gasteiger partial charge is 0.341 e. The van der Waals surface area contributed by atoms with E-state index in [0.717, 1.165) is 0 Å². The van der Waals surface area contributed by atoms with Crippen molar-refractivity contribution in [2.45, 2.75) is 0 Å². The molecule has 0 bridgehead atoms. The topological polar surface area (TPSA) is 71.4 Å². The molecule has 0 amide bonds. The van der Waals surface area contributed by atoms with Gasteiger partial charge in [0.2, 0.25) is 0 Å². The molecule has 0 fully saturated rings. The lowest BCUT2D eigenvalue weighted by Gasteiger charge is -2.04. The molecule has 0 aliphatic carbocycles. The number of rotatable bonds is 2. The Morgan fingerprint density at radius 1 is 1.24 bits per heavy atom. The Bertz CT molecular complexity index is 683. The van der Waals surface area contributed by atoms with Gasteiger partial charge in [-0.25, -0.2) is 10.9 Å². The van der Waals surface area contributed by atoms with Gasteiger partial charge in [-0.05, 0) is 23.6 Å². The van der Waals surface area contributed by atoms with Gasteiger partial charge in [0.05, 0.1) is 9.13 Å². The SMILES string of the molecule is O=C(O)c1cc2cccc(Cl)c2cc1I(=O)=O. The van der Waals surface area contributed by atoms with Gasteiger partial charge in [-0.1, -0.05) is 23.7 Å². The van der Waals surface area contributed by atoms with Gasteiger partial charge >= 0.3 is 25.8 Å². The molecule has 4 nitrogen and oxygen atoms in total. The summed E-state index contributed by atoms with van der Waals surface area (Å²) in [4.78, 5) is 11.0. The number of fused-ring (bicyclic) bond motifs is 1. The fourth-order valence-electron chi connectivity index (χ4n) is 1.55. The van der Waals surface area contributed by atoms with Crippen molar-refractivity contribution in [3.63, 3.8) is 0 Å². The molecule has 0 aliphatic rings. The normalized spacial score (nSPS) is 10.9. The largest absolute Gasteiger partial charge is 0.478 e. The second kappa shape index (κ2) is 4.58. The van der Waals surface area contributed by atoms with Gasteiger partial charge in [-0.15, -0.1) is 0 Å². The average Bonchev–Trinajstić information content (AvgIpc) is 2.27. The number of carboxylic acid groups (broad SMARTS) is 1. The van der Waals surface area contributed by atoms with Crippen molar-refractivity contribution < 1.29 is 16.0 Å². The molecule has 2 rings (SSSR count). The lowest BCUT2D eigenvalue weighted by Crippen LogP contribution is -2.00. The molecule has 0 atom stereocenters. The molecule has 0 radical (unpaired) electrons. The summed E-state index contributed by atoms with van der Waals surface area (Å²) in [5.74, 6) is -1.25. The van der Waals surface area contributed by atoms with Crippen LogP contribution in [0, 0.1) is 3.57 Å². The van der Waals surface area contributed by atoms with Gasteiger partial charge in [-0.3, -0.25) is 0 Å². The van der Waals surface area contributed by atoms with Crippen LogP contribution < -0.4 is 0 Å². The van der Waals surface area contributed by atoms with Crippen molar-refractivity contribution in [3.8, 4) is 0 Å². The summed E-state index contributed by atoms with van der Waals surface area (Å²) >= 11 is 2.07. The molecule has 6 heteroatoms. The number of carbonyl (C=O) groups is 1. The maximum Gasteiger partial charge on any atom is 0.341 e. The molecule has 0 aliphatic heterocycles. The molecule has 88 valence electrons. The molecule has 1 N–H and O–H groups in total. The average molecular weight is 365 g/mol. The van der Waals surface area contributed by atoms with Gasteiger partial charge in [0.25, 0.3) is 0 Å². The van der Waals surface area contributed by atoms with Crippen LogP contribution in [0.1, 0.15) is 10.4 Å². The van der Waals surface area contributed by atoms with Crippen LogP contribution in [0.15, 0.2) is 30.3 Å². The van der Waals surface area contributed by atoms with Crippen LogP contribution in [0.25, 0.3) is 10.8 Å². The van der Waals surface area contributed by atoms with Gasteiger partial charge in [0, 0.05) is 10.4 Å². The summed E-state index contributed by atoms with van der Waals surface area (Å²) < 4.78 is 22.1. The molecule has 0 saturated carbocycles. The van der Waals surface area contributed by atoms with Crippen molar-refractivity contribution in [2.24, 2.45) is 0 Å². The highest BCUT2D eigenvalue weighted by molar-refractivity contribution is 14.2. The van der Waals surface area contributed by atoms with E-state index in [-0.39, 0.29) is 9.13 Å². The minimum absolute atomic E-state index is 0.137.